The van der Waals surface area contributed by atoms with E-state index in [-0.39, 0.29) is 6.03 Å². The Balaban J connectivity index is 1.55. The van der Waals surface area contributed by atoms with Crippen LogP contribution in [0, 0.1) is 0 Å². The Morgan fingerprint density at radius 2 is 2.10 bits per heavy atom. The van der Waals surface area contributed by atoms with Gasteiger partial charge in [0.1, 0.15) is 0 Å². The van der Waals surface area contributed by atoms with Gasteiger partial charge in [0.2, 0.25) is 0 Å². The van der Waals surface area contributed by atoms with Gasteiger partial charge in [0.25, 0.3) is 0 Å². The molecule has 2 atom stereocenters. The molecule has 2 saturated heterocycles. The van der Waals surface area contributed by atoms with E-state index in [1.807, 2.05) is 17.0 Å². The topological polar surface area (TPSA) is 48.5 Å². The first-order valence-electron chi connectivity index (χ1n) is 7.84. The molecular weight excluding hydrogens is 264 g/mol. The van der Waals surface area contributed by atoms with Crippen molar-refractivity contribution in [1.29, 1.82) is 0 Å². The lowest BCUT2D eigenvalue weighted by Gasteiger charge is -2.43. The third kappa shape index (κ3) is 3.02. The minimum absolute atomic E-state index is 0.0548. The number of nitrogens with one attached hydrogen (secondary N) is 1. The second-order valence-electron chi connectivity index (χ2n) is 6.35. The highest BCUT2D eigenvalue weighted by Gasteiger charge is 2.42. The molecule has 2 unspecified atom stereocenters. The maximum Gasteiger partial charge on any atom is 0.317 e. The van der Waals surface area contributed by atoms with E-state index in [0.29, 0.717) is 24.7 Å². The number of carbonyl (C=O) groups is 1. The van der Waals surface area contributed by atoms with Crippen LogP contribution >= 0.6 is 0 Å². The Kier molecular flexibility index (Phi) is 4.10. The number of aromatic nitrogens is 1. The zero-order chi connectivity index (χ0) is 14.8. The molecule has 1 aromatic heterocycles. The van der Waals surface area contributed by atoms with Crippen LogP contribution < -0.4 is 5.32 Å². The minimum Gasteiger partial charge on any atom is -0.334 e. The lowest BCUT2D eigenvalue weighted by molar-refractivity contribution is 0.0590. The smallest absolute Gasteiger partial charge is 0.317 e. The van der Waals surface area contributed by atoms with Gasteiger partial charge in [-0.05, 0) is 38.3 Å². The van der Waals surface area contributed by atoms with Crippen molar-refractivity contribution >= 4 is 6.03 Å². The zero-order valence-corrected chi connectivity index (χ0v) is 12.8. The highest BCUT2D eigenvalue weighted by molar-refractivity contribution is 5.74. The van der Waals surface area contributed by atoms with Gasteiger partial charge in [0, 0.05) is 50.2 Å². The average molecular weight is 288 g/mol. The van der Waals surface area contributed by atoms with Gasteiger partial charge in [-0.15, -0.1) is 0 Å². The number of nitrogens with zero attached hydrogens (tertiary/aromatic N) is 3. The Bertz CT molecular complexity index is 476. The predicted molar refractivity (Wildman–Crippen MR) is 81.8 cm³/mol. The third-order valence-corrected chi connectivity index (χ3v) is 4.59. The molecule has 0 spiro atoms. The van der Waals surface area contributed by atoms with Crippen molar-refractivity contribution in [1.82, 2.24) is 20.1 Å². The van der Waals surface area contributed by atoms with Crippen LogP contribution in [0.5, 0.6) is 0 Å². The molecule has 2 amide bonds. The maximum absolute atomic E-state index is 12.3. The summed E-state index contributed by atoms with van der Waals surface area (Å²) in [5, 5.41) is 3.01. The van der Waals surface area contributed by atoms with Crippen LogP contribution in [0.2, 0.25) is 0 Å². The molecule has 2 aliphatic heterocycles. The van der Waals surface area contributed by atoms with Crippen molar-refractivity contribution in [3.63, 3.8) is 0 Å². The van der Waals surface area contributed by atoms with E-state index < -0.39 is 0 Å². The number of piperazine rings is 1. The van der Waals surface area contributed by atoms with Gasteiger partial charge in [-0.3, -0.25) is 9.88 Å². The molecule has 1 aromatic rings. The van der Waals surface area contributed by atoms with Crippen LogP contribution in [0.3, 0.4) is 0 Å². The van der Waals surface area contributed by atoms with E-state index in [1.54, 1.807) is 12.4 Å². The lowest BCUT2D eigenvalue weighted by atomic mass is 10.1. The largest absolute Gasteiger partial charge is 0.334 e. The van der Waals surface area contributed by atoms with E-state index in [2.05, 4.69) is 29.0 Å². The van der Waals surface area contributed by atoms with Gasteiger partial charge in [0.05, 0.1) is 0 Å². The Labute approximate surface area is 126 Å². The fourth-order valence-corrected chi connectivity index (χ4v) is 3.74. The van der Waals surface area contributed by atoms with Crippen molar-refractivity contribution in [2.24, 2.45) is 0 Å². The second-order valence-corrected chi connectivity index (χ2v) is 6.35. The fourth-order valence-electron chi connectivity index (χ4n) is 3.74. The number of carbonyl (C=O) groups excluding carboxylic acids is 1. The minimum atomic E-state index is 0.0548. The van der Waals surface area contributed by atoms with E-state index in [1.165, 1.54) is 12.8 Å². The molecule has 2 bridgehead atoms. The standard InChI is InChI=1S/C16H24N4O/c1-12(2)20-14-5-6-15(20)11-19(10-14)16(21)18-9-13-4-3-7-17-8-13/h3-4,7-8,12,14-15H,5-6,9-11H2,1-2H3,(H,18,21). The van der Waals surface area contributed by atoms with E-state index in [4.69, 9.17) is 0 Å². The molecule has 3 rings (SSSR count). The predicted octanol–water partition coefficient (Wildman–Crippen LogP) is 1.85. The number of likely N-dealkylation sites (tertiary alicyclic amines) is 1. The number of hydrogen-bond acceptors (Lipinski definition) is 3. The quantitative estimate of drug-likeness (QED) is 0.923. The summed E-state index contributed by atoms with van der Waals surface area (Å²) in [7, 11) is 0. The Morgan fingerprint density at radius 1 is 1.38 bits per heavy atom. The summed E-state index contributed by atoms with van der Waals surface area (Å²) in [6, 6.07) is 5.57. The Hall–Kier alpha value is -1.62. The van der Waals surface area contributed by atoms with E-state index in [9.17, 15) is 4.79 Å². The first-order valence-corrected chi connectivity index (χ1v) is 7.84. The molecule has 5 nitrogen and oxygen atoms in total. The number of pyridine rings is 1. The molecule has 3 heterocycles. The van der Waals surface area contributed by atoms with E-state index >= 15 is 0 Å². The molecule has 5 heteroatoms. The summed E-state index contributed by atoms with van der Waals surface area (Å²) in [5.41, 5.74) is 1.04. The SMILES string of the molecule is CC(C)N1C2CCC1CN(C(=O)NCc1cccnc1)C2. The van der Waals surface area contributed by atoms with Crippen LogP contribution in [-0.2, 0) is 6.54 Å². The Morgan fingerprint density at radius 3 is 2.67 bits per heavy atom. The zero-order valence-electron chi connectivity index (χ0n) is 12.8. The van der Waals surface area contributed by atoms with Gasteiger partial charge in [-0.1, -0.05) is 6.07 Å². The van der Waals surface area contributed by atoms with Crippen molar-refractivity contribution in [2.45, 2.75) is 51.4 Å². The van der Waals surface area contributed by atoms with Crippen molar-refractivity contribution in [3.8, 4) is 0 Å². The van der Waals surface area contributed by atoms with Crippen LogP contribution in [0.15, 0.2) is 24.5 Å². The first-order chi connectivity index (χ1) is 10.1. The van der Waals surface area contributed by atoms with Crippen LogP contribution in [-0.4, -0.2) is 52.0 Å². The highest BCUT2D eigenvalue weighted by Crippen LogP contribution is 2.31. The van der Waals surface area contributed by atoms with E-state index in [0.717, 1.165) is 18.7 Å². The number of amides is 2. The second kappa shape index (κ2) is 6.02. The van der Waals surface area contributed by atoms with Crippen LogP contribution in [0.25, 0.3) is 0 Å². The molecule has 114 valence electrons. The molecular formula is C16H24N4O. The summed E-state index contributed by atoms with van der Waals surface area (Å²) in [6.07, 6.45) is 5.97. The highest BCUT2D eigenvalue weighted by atomic mass is 16.2. The van der Waals surface area contributed by atoms with Crippen molar-refractivity contribution in [3.05, 3.63) is 30.1 Å². The number of fused-ring (bicyclic) bond motifs is 2. The fraction of sp³-hybridized carbons (Fsp3) is 0.625. The number of urea groups is 1. The number of rotatable bonds is 3. The summed E-state index contributed by atoms with van der Waals surface area (Å²) in [5.74, 6) is 0. The molecule has 1 N–H and O–H groups in total. The molecule has 0 aromatic carbocycles. The van der Waals surface area contributed by atoms with Crippen LogP contribution in [0.1, 0.15) is 32.3 Å². The van der Waals surface area contributed by atoms with Crippen molar-refractivity contribution in [2.75, 3.05) is 13.1 Å². The van der Waals surface area contributed by atoms with Crippen LogP contribution in [0.4, 0.5) is 4.79 Å². The normalized spacial score (nSPS) is 25.4. The summed E-state index contributed by atoms with van der Waals surface area (Å²) < 4.78 is 0. The molecule has 2 fully saturated rings. The van der Waals surface area contributed by atoms with Gasteiger partial charge >= 0.3 is 6.03 Å². The third-order valence-electron chi connectivity index (χ3n) is 4.59. The van der Waals surface area contributed by atoms with Gasteiger partial charge < -0.3 is 10.2 Å². The van der Waals surface area contributed by atoms with Gasteiger partial charge in [0.15, 0.2) is 0 Å². The molecule has 0 saturated carbocycles. The summed E-state index contributed by atoms with van der Waals surface area (Å²) >= 11 is 0. The summed E-state index contributed by atoms with van der Waals surface area (Å²) in [4.78, 5) is 21.0. The summed E-state index contributed by atoms with van der Waals surface area (Å²) in [6.45, 7) is 6.76. The monoisotopic (exact) mass is 288 g/mol. The molecule has 0 aliphatic carbocycles. The van der Waals surface area contributed by atoms with Gasteiger partial charge in [-0.25, -0.2) is 4.79 Å². The molecule has 2 aliphatic rings. The molecule has 21 heavy (non-hydrogen) atoms. The average Bonchev–Trinajstić information content (AvgIpc) is 2.77. The van der Waals surface area contributed by atoms with Crippen molar-refractivity contribution < 1.29 is 4.79 Å². The molecule has 0 radical (unpaired) electrons. The maximum atomic E-state index is 12.3. The first kappa shape index (κ1) is 14.3. The van der Waals surface area contributed by atoms with Gasteiger partial charge in [-0.2, -0.15) is 0 Å². The lowest BCUT2D eigenvalue weighted by Crippen LogP contribution is -2.58. The number of hydrogen-bond donors (Lipinski definition) is 1.